The summed E-state index contributed by atoms with van der Waals surface area (Å²) in [6.07, 6.45) is 2.27. The fourth-order valence-corrected chi connectivity index (χ4v) is 5.35. The van der Waals surface area contributed by atoms with E-state index in [9.17, 15) is 14.4 Å². The smallest absolute Gasteiger partial charge is 0.231 e. The second kappa shape index (κ2) is 10.6. The van der Waals surface area contributed by atoms with E-state index in [4.69, 9.17) is 4.74 Å². The summed E-state index contributed by atoms with van der Waals surface area (Å²) in [6.45, 7) is 5.64. The van der Waals surface area contributed by atoms with Crippen molar-refractivity contribution < 1.29 is 19.1 Å². The third-order valence-electron chi connectivity index (χ3n) is 5.81. The molecule has 1 aromatic heterocycles. The summed E-state index contributed by atoms with van der Waals surface area (Å²) in [7, 11) is 0. The summed E-state index contributed by atoms with van der Waals surface area (Å²) in [5, 5.41) is 14.0. The zero-order valence-corrected chi connectivity index (χ0v) is 20.3. The van der Waals surface area contributed by atoms with Crippen molar-refractivity contribution >= 4 is 51.6 Å². The number of hydrogen-bond acceptors (Lipinski definition) is 8. The van der Waals surface area contributed by atoms with Crippen LogP contribution in [0.1, 0.15) is 30.4 Å². The molecule has 1 aromatic carbocycles. The van der Waals surface area contributed by atoms with E-state index in [0.717, 1.165) is 36.3 Å². The van der Waals surface area contributed by atoms with Crippen LogP contribution in [0.5, 0.6) is 0 Å². The lowest BCUT2D eigenvalue weighted by molar-refractivity contribution is -0.122. The van der Waals surface area contributed by atoms with E-state index in [0.29, 0.717) is 22.6 Å². The summed E-state index contributed by atoms with van der Waals surface area (Å²) < 4.78 is 6.08. The van der Waals surface area contributed by atoms with Crippen molar-refractivity contribution in [1.29, 1.82) is 0 Å². The summed E-state index contributed by atoms with van der Waals surface area (Å²) >= 11 is 2.48. The van der Waals surface area contributed by atoms with Gasteiger partial charge in [0.25, 0.3) is 0 Å². The molecule has 0 unspecified atom stereocenters. The number of hydrogen-bond donors (Lipinski definition) is 2. The number of aryl methyl sites for hydroxylation is 2. The van der Waals surface area contributed by atoms with Crippen molar-refractivity contribution in [3.63, 3.8) is 0 Å². The molecule has 2 saturated heterocycles. The van der Waals surface area contributed by atoms with Crippen molar-refractivity contribution in [2.45, 2.75) is 43.6 Å². The Bertz CT molecular complexity index is 1040. The average molecular weight is 490 g/mol. The van der Waals surface area contributed by atoms with Crippen LogP contribution in [0.15, 0.2) is 22.5 Å². The molecule has 0 saturated carbocycles. The number of rotatable bonds is 8. The second-order valence-electron chi connectivity index (χ2n) is 8.26. The standard InChI is InChI=1S/C22H27N5O4S2/c1-13-5-6-16(8-14(13)2)27-11-15(9-19(27)29)20(30)24-21-25-26-22(33-21)32-12-18(28)23-10-17-4-3-7-31-17/h5-6,8,15,17H,3-4,7,9-12H2,1-2H3,(H,23,28)(H,24,25,30)/t15-,17+/m1/s1. The van der Waals surface area contributed by atoms with E-state index in [2.05, 4.69) is 20.8 Å². The van der Waals surface area contributed by atoms with Crippen LogP contribution in [0.2, 0.25) is 0 Å². The highest BCUT2D eigenvalue weighted by Gasteiger charge is 2.35. The van der Waals surface area contributed by atoms with E-state index in [1.165, 1.54) is 23.1 Å². The number of carbonyl (C=O) groups excluding carboxylic acids is 3. The van der Waals surface area contributed by atoms with Gasteiger partial charge in [-0.1, -0.05) is 29.2 Å². The normalized spacial score (nSPS) is 20.3. The molecule has 2 N–H and O–H groups in total. The highest BCUT2D eigenvalue weighted by atomic mass is 32.2. The fraction of sp³-hybridized carbons (Fsp3) is 0.500. The van der Waals surface area contributed by atoms with E-state index in [-0.39, 0.29) is 36.0 Å². The first-order valence-corrected chi connectivity index (χ1v) is 12.7. The number of ether oxygens (including phenoxy) is 1. The number of carbonyl (C=O) groups is 3. The molecule has 4 rings (SSSR count). The molecule has 2 aliphatic heterocycles. The molecule has 2 atom stereocenters. The Labute approximate surface area is 200 Å². The lowest BCUT2D eigenvalue weighted by Crippen LogP contribution is -2.32. The van der Waals surface area contributed by atoms with Crippen LogP contribution in [-0.4, -0.2) is 59.5 Å². The number of benzene rings is 1. The van der Waals surface area contributed by atoms with Crippen LogP contribution in [0.3, 0.4) is 0 Å². The zero-order chi connectivity index (χ0) is 23.4. The van der Waals surface area contributed by atoms with Gasteiger partial charge in [0.15, 0.2) is 4.34 Å². The highest BCUT2D eigenvalue weighted by molar-refractivity contribution is 8.01. The molecular weight excluding hydrogens is 462 g/mol. The number of nitrogens with one attached hydrogen (secondary N) is 2. The average Bonchev–Trinajstić information content (AvgIpc) is 3.54. The number of nitrogens with zero attached hydrogens (tertiary/aromatic N) is 3. The molecule has 0 spiro atoms. The molecule has 2 aliphatic rings. The maximum atomic E-state index is 12.7. The number of amides is 3. The molecule has 0 bridgehead atoms. The predicted molar refractivity (Wildman–Crippen MR) is 128 cm³/mol. The van der Waals surface area contributed by atoms with E-state index < -0.39 is 5.92 Å². The van der Waals surface area contributed by atoms with Crippen molar-refractivity contribution in [2.24, 2.45) is 5.92 Å². The minimum Gasteiger partial charge on any atom is -0.376 e. The van der Waals surface area contributed by atoms with Gasteiger partial charge in [0, 0.05) is 31.8 Å². The van der Waals surface area contributed by atoms with Gasteiger partial charge in [-0.3, -0.25) is 14.4 Å². The molecular formula is C22H27N5O4S2. The van der Waals surface area contributed by atoms with Crippen LogP contribution in [-0.2, 0) is 19.1 Å². The van der Waals surface area contributed by atoms with E-state index in [1.54, 1.807) is 4.90 Å². The Morgan fingerprint density at radius 2 is 2.12 bits per heavy atom. The maximum Gasteiger partial charge on any atom is 0.231 e. The molecule has 3 heterocycles. The van der Waals surface area contributed by atoms with Gasteiger partial charge in [-0.25, -0.2) is 0 Å². The molecule has 11 heteroatoms. The molecule has 176 valence electrons. The van der Waals surface area contributed by atoms with Gasteiger partial charge in [0.2, 0.25) is 22.9 Å². The summed E-state index contributed by atoms with van der Waals surface area (Å²) in [5.74, 6) is -0.648. The lowest BCUT2D eigenvalue weighted by Gasteiger charge is -2.17. The SMILES string of the molecule is Cc1ccc(N2C[C@H](C(=O)Nc3nnc(SCC(=O)NC[C@@H]4CCCO4)s3)CC2=O)cc1C. The summed E-state index contributed by atoms with van der Waals surface area (Å²) in [4.78, 5) is 38.9. The number of thioether (sulfide) groups is 1. The van der Waals surface area contributed by atoms with Gasteiger partial charge in [0.05, 0.1) is 17.8 Å². The van der Waals surface area contributed by atoms with Gasteiger partial charge in [-0.2, -0.15) is 0 Å². The molecule has 2 aromatic rings. The van der Waals surface area contributed by atoms with Crippen LogP contribution in [0.25, 0.3) is 0 Å². The Morgan fingerprint density at radius 1 is 1.27 bits per heavy atom. The van der Waals surface area contributed by atoms with Crippen molar-refractivity contribution in [2.75, 3.05) is 35.7 Å². The minimum atomic E-state index is -0.456. The van der Waals surface area contributed by atoms with Crippen molar-refractivity contribution in [3.8, 4) is 0 Å². The van der Waals surface area contributed by atoms with Gasteiger partial charge >= 0.3 is 0 Å². The largest absolute Gasteiger partial charge is 0.376 e. The van der Waals surface area contributed by atoms with Crippen molar-refractivity contribution in [1.82, 2.24) is 15.5 Å². The quantitative estimate of drug-likeness (QED) is 0.433. The Balaban J connectivity index is 1.24. The van der Waals surface area contributed by atoms with Crippen LogP contribution < -0.4 is 15.5 Å². The van der Waals surface area contributed by atoms with Crippen molar-refractivity contribution in [3.05, 3.63) is 29.3 Å². The van der Waals surface area contributed by atoms with E-state index >= 15 is 0 Å². The van der Waals surface area contributed by atoms with Gasteiger partial charge in [-0.05, 0) is 49.9 Å². The van der Waals surface area contributed by atoms with Crippen LogP contribution in [0.4, 0.5) is 10.8 Å². The Kier molecular flexibility index (Phi) is 7.61. The Morgan fingerprint density at radius 3 is 2.88 bits per heavy atom. The number of anilines is 2. The molecule has 9 nitrogen and oxygen atoms in total. The third-order valence-corrected chi connectivity index (χ3v) is 7.78. The fourth-order valence-electron chi connectivity index (χ4n) is 3.76. The summed E-state index contributed by atoms with van der Waals surface area (Å²) in [6, 6.07) is 5.86. The molecule has 0 radical (unpaired) electrons. The van der Waals surface area contributed by atoms with Crippen LogP contribution in [0, 0.1) is 19.8 Å². The maximum absolute atomic E-state index is 12.7. The molecule has 2 fully saturated rings. The molecule has 0 aliphatic carbocycles. The van der Waals surface area contributed by atoms with E-state index in [1.807, 2.05) is 32.0 Å². The van der Waals surface area contributed by atoms with Gasteiger partial charge in [0.1, 0.15) is 0 Å². The predicted octanol–water partition coefficient (Wildman–Crippen LogP) is 2.53. The first kappa shape index (κ1) is 23.7. The number of aromatic nitrogens is 2. The van der Waals surface area contributed by atoms with Gasteiger partial charge in [-0.15, -0.1) is 10.2 Å². The second-order valence-corrected chi connectivity index (χ2v) is 10.5. The third kappa shape index (κ3) is 6.10. The molecule has 33 heavy (non-hydrogen) atoms. The first-order valence-electron chi connectivity index (χ1n) is 10.9. The topological polar surface area (TPSA) is 114 Å². The monoisotopic (exact) mass is 489 g/mol. The molecule has 3 amide bonds. The Hall–Kier alpha value is -2.50. The zero-order valence-electron chi connectivity index (χ0n) is 18.6. The highest BCUT2D eigenvalue weighted by Crippen LogP contribution is 2.29. The van der Waals surface area contributed by atoms with Gasteiger partial charge < -0.3 is 20.3 Å². The minimum absolute atomic E-state index is 0.0686. The summed E-state index contributed by atoms with van der Waals surface area (Å²) in [5.41, 5.74) is 3.07. The van der Waals surface area contributed by atoms with Crippen LogP contribution >= 0.6 is 23.1 Å². The lowest BCUT2D eigenvalue weighted by atomic mass is 10.1. The first-order chi connectivity index (χ1) is 15.9.